The highest BCUT2D eigenvalue weighted by atomic mass is 16.5. The molecule has 1 atom stereocenters. The molecule has 0 spiro atoms. The molecule has 0 bridgehead atoms. The molecule has 1 fully saturated rings. The third-order valence-electron chi connectivity index (χ3n) is 2.22. The van der Waals surface area contributed by atoms with Gasteiger partial charge in [0.25, 0.3) is 0 Å². The predicted octanol–water partition coefficient (Wildman–Crippen LogP) is 1.17. The Bertz CT molecular complexity index is 135. The molecule has 78 valence electrons. The van der Waals surface area contributed by atoms with Crippen LogP contribution in [0.1, 0.15) is 26.7 Å². The molecule has 3 nitrogen and oxygen atoms in total. The summed E-state index contributed by atoms with van der Waals surface area (Å²) in [5.41, 5.74) is 5.86. The fraction of sp³-hybridized carbons (Fsp3) is 1.00. The number of nitrogens with two attached hydrogens (primary N) is 1. The Morgan fingerprint density at radius 3 is 2.54 bits per heavy atom. The van der Waals surface area contributed by atoms with Gasteiger partial charge in [-0.3, -0.25) is 0 Å². The third-order valence-corrected chi connectivity index (χ3v) is 2.22. The van der Waals surface area contributed by atoms with Crippen LogP contribution in [-0.4, -0.2) is 32.0 Å². The molecule has 1 unspecified atom stereocenters. The summed E-state index contributed by atoms with van der Waals surface area (Å²) >= 11 is 0. The minimum Gasteiger partial charge on any atom is -0.377 e. The molecule has 0 aromatic rings. The van der Waals surface area contributed by atoms with E-state index in [0.717, 1.165) is 5.92 Å². The van der Waals surface area contributed by atoms with Gasteiger partial charge in [-0.05, 0) is 32.6 Å². The molecule has 1 aliphatic rings. The Balaban J connectivity index is 1.83. The van der Waals surface area contributed by atoms with Gasteiger partial charge in [0.15, 0.2) is 0 Å². The molecule has 2 N–H and O–H groups in total. The van der Waals surface area contributed by atoms with Gasteiger partial charge in [-0.2, -0.15) is 0 Å². The van der Waals surface area contributed by atoms with E-state index < -0.39 is 0 Å². The Labute approximate surface area is 80.6 Å². The molecule has 0 saturated heterocycles. The van der Waals surface area contributed by atoms with E-state index in [4.69, 9.17) is 15.2 Å². The van der Waals surface area contributed by atoms with Crippen LogP contribution in [0.15, 0.2) is 0 Å². The van der Waals surface area contributed by atoms with Gasteiger partial charge in [-0.25, -0.2) is 0 Å². The molecule has 1 saturated carbocycles. The van der Waals surface area contributed by atoms with Crippen molar-refractivity contribution in [3.05, 3.63) is 0 Å². The zero-order chi connectivity index (χ0) is 9.68. The van der Waals surface area contributed by atoms with Crippen molar-refractivity contribution < 1.29 is 9.47 Å². The first-order valence-electron chi connectivity index (χ1n) is 5.15. The van der Waals surface area contributed by atoms with E-state index in [9.17, 15) is 0 Å². The highest BCUT2D eigenvalue weighted by molar-refractivity contribution is 4.83. The smallest absolute Gasteiger partial charge is 0.0703 e. The van der Waals surface area contributed by atoms with Gasteiger partial charge in [0.2, 0.25) is 0 Å². The standard InChI is InChI=1S/C10H21NO2/c1-8(2)13-6-5-12-7-10(11)9-3-4-9/h8-10H,3-7,11H2,1-2H3. The van der Waals surface area contributed by atoms with Crippen molar-refractivity contribution in [2.24, 2.45) is 11.7 Å². The molecular formula is C10H21NO2. The molecule has 0 radical (unpaired) electrons. The van der Waals surface area contributed by atoms with Gasteiger partial charge < -0.3 is 15.2 Å². The lowest BCUT2D eigenvalue weighted by Crippen LogP contribution is -2.29. The first-order chi connectivity index (χ1) is 6.20. The minimum absolute atomic E-state index is 0.249. The molecule has 1 aliphatic carbocycles. The van der Waals surface area contributed by atoms with Crippen LogP contribution in [0.3, 0.4) is 0 Å². The lowest BCUT2D eigenvalue weighted by molar-refractivity contribution is 0.0150. The molecule has 0 heterocycles. The third kappa shape index (κ3) is 5.24. The van der Waals surface area contributed by atoms with E-state index in [-0.39, 0.29) is 6.04 Å². The van der Waals surface area contributed by atoms with E-state index in [1.807, 2.05) is 13.8 Å². The maximum atomic E-state index is 5.86. The van der Waals surface area contributed by atoms with Crippen LogP contribution in [-0.2, 0) is 9.47 Å². The fourth-order valence-electron chi connectivity index (χ4n) is 1.22. The molecule has 0 amide bonds. The van der Waals surface area contributed by atoms with Gasteiger partial charge >= 0.3 is 0 Å². The molecule has 0 aromatic carbocycles. The molecule has 0 aromatic heterocycles. The number of ether oxygens (including phenoxy) is 2. The zero-order valence-corrected chi connectivity index (χ0v) is 8.66. The Morgan fingerprint density at radius 1 is 1.31 bits per heavy atom. The summed E-state index contributed by atoms with van der Waals surface area (Å²) in [4.78, 5) is 0. The summed E-state index contributed by atoms with van der Waals surface area (Å²) in [6.07, 6.45) is 2.86. The van der Waals surface area contributed by atoms with Crippen molar-refractivity contribution in [2.45, 2.75) is 38.8 Å². The van der Waals surface area contributed by atoms with Gasteiger partial charge in [0.1, 0.15) is 0 Å². The number of rotatable bonds is 7. The second-order valence-electron chi connectivity index (χ2n) is 4.00. The first kappa shape index (κ1) is 11.0. The maximum Gasteiger partial charge on any atom is 0.0703 e. The predicted molar refractivity (Wildman–Crippen MR) is 52.6 cm³/mol. The average Bonchev–Trinajstić information content (AvgIpc) is 2.85. The van der Waals surface area contributed by atoms with E-state index in [1.54, 1.807) is 0 Å². The van der Waals surface area contributed by atoms with Crippen LogP contribution >= 0.6 is 0 Å². The van der Waals surface area contributed by atoms with Crippen LogP contribution in [0.2, 0.25) is 0 Å². The monoisotopic (exact) mass is 187 g/mol. The summed E-state index contributed by atoms with van der Waals surface area (Å²) in [7, 11) is 0. The quantitative estimate of drug-likeness (QED) is 0.608. The molecule has 13 heavy (non-hydrogen) atoms. The van der Waals surface area contributed by atoms with Crippen molar-refractivity contribution >= 4 is 0 Å². The van der Waals surface area contributed by atoms with Gasteiger partial charge in [-0.15, -0.1) is 0 Å². The van der Waals surface area contributed by atoms with E-state index in [2.05, 4.69) is 0 Å². The Hall–Kier alpha value is -0.120. The summed E-state index contributed by atoms with van der Waals surface area (Å²) in [5.74, 6) is 0.728. The fourth-order valence-corrected chi connectivity index (χ4v) is 1.22. The normalized spacial score (nSPS) is 19.4. The zero-order valence-electron chi connectivity index (χ0n) is 8.66. The van der Waals surface area contributed by atoms with Gasteiger partial charge in [-0.1, -0.05) is 0 Å². The second kappa shape index (κ2) is 5.58. The summed E-state index contributed by atoms with van der Waals surface area (Å²) in [6.45, 7) is 6.08. The van der Waals surface area contributed by atoms with Crippen LogP contribution in [0, 0.1) is 5.92 Å². The average molecular weight is 187 g/mol. The second-order valence-corrected chi connectivity index (χ2v) is 4.00. The minimum atomic E-state index is 0.249. The largest absolute Gasteiger partial charge is 0.377 e. The maximum absolute atomic E-state index is 5.86. The number of hydrogen-bond donors (Lipinski definition) is 1. The summed E-state index contributed by atoms with van der Waals surface area (Å²) in [6, 6.07) is 0.249. The van der Waals surface area contributed by atoms with Gasteiger partial charge in [0, 0.05) is 6.04 Å². The first-order valence-corrected chi connectivity index (χ1v) is 5.15. The van der Waals surface area contributed by atoms with E-state index in [0.29, 0.717) is 25.9 Å². The highest BCUT2D eigenvalue weighted by Gasteiger charge is 2.28. The van der Waals surface area contributed by atoms with Crippen molar-refractivity contribution in [3.63, 3.8) is 0 Å². The van der Waals surface area contributed by atoms with Crippen molar-refractivity contribution in [3.8, 4) is 0 Å². The van der Waals surface area contributed by atoms with Crippen molar-refractivity contribution in [1.29, 1.82) is 0 Å². The molecular weight excluding hydrogens is 166 g/mol. The van der Waals surface area contributed by atoms with Crippen LogP contribution < -0.4 is 5.73 Å². The van der Waals surface area contributed by atoms with Crippen LogP contribution in [0.4, 0.5) is 0 Å². The Kier molecular flexibility index (Phi) is 4.70. The van der Waals surface area contributed by atoms with E-state index >= 15 is 0 Å². The van der Waals surface area contributed by atoms with Crippen LogP contribution in [0.25, 0.3) is 0 Å². The lowest BCUT2D eigenvalue weighted by Gasteiger charge is -2.11. The van der Waals surface area contributed by atoms with Gasteiger partial charge in [0.05, 0.1) is 25.9 Å². The van der Waals surface area contributed by atoms with Crippen molar-refractivity contribution in [1.82, 2.24) is 0 Å². The van der Waals surface area contributed by atoms with Crippen LogP contribution in [0.5, 0.6) is 0 Å². The SMILES string of the molecule is CC(C)OCCOCC(N)C1CC1. The summed E-state index contributed by atoms with van der Waals surface area (Å²) < 4.78 is 10.7. The number of hydrogen-bond acceptors (Lipinski definition) is 3. The summed E-state index contributed by atoms with van der Waals surface area (Å²) in [5, 5.41) is 0. The molecule has 1 rings (SSSR count). The highest BCUT2D eigenvalue weighted by Crippen LogP contribution is 2.31. The lowest BCUT2D eigenvalue weighted by atomic mass is 10.2. The van der Waals surface area contributed by atoms with Crippen molar-refractivity contribution in [2.75, 3.05) is 19.8 Å². The Morgan fingerprint density at radius 2 is 2.00 bits per heavy atom. The molecule has 0 aliphatic heterocycles. The topological polar surface area (TPSA) is 44.5 Å². The molecule has 3 heteroatoms. The van der Waals surface area contributed by atoms with E-state index in [1.165, 1.54) is 12.8 Å².